The van der Waals surface area contributed by atoms with Crippen molar-refractivity contribution in [3.63, 3.8) is 0 Å². The second kappa shape index (κ2) is 9.84. The smallest absolute Gasteiger partial charge is 0.197 e. The topological polar surface area (TPSA) is 56.3 Å². The molecule has 0 saturated carbocycles. The zero-order chi connectivity index (χ0) is 34.1. The molecule has 48 heavy (non-hydrogen) atoms. The fraction of sp³-hybridized carbons (Fsp3) is 0.342. The normalized spacial score (nSPS) is 16.7. The molecule has 0 amide bonds. The van der Waals surface area contributed by atoms with Crippen molar-refractivity contribution in [2.24, 2.45) is 0 Å². The number of aryl methyl sites for hydroxylation is 1. The number of nitrogens with zero attached hydrogens (tertiary/aromatic N) is 7. The third-order valence-electron chi connectivity index (χ3n) is 9.82. The molecule has 4 aromatic heterocycles. The molecule has 6 aromatic rings. The van der Waals surface area contributed by atoms with Gasteiger partial charge in [0.15, 0.2) is 12.4 Å². The Bertz CT molecular complexity index is 2280. The Kier molecular flexibility index (Phi) is 6.25. The Morgan fingerprint density at radius 3 is 2.08 bits per heavy atom. The summed E-state index contributed by atoms with van der Waals surface area (Å²) in [6, 6.07) is 20.6. The van der Waals surface area contributed by atoms with Crippen molar-refractivity contribution < 1.29 is 22.3 Å². The van der Waals surface area contributed by atoms with Crippen LogP contribution >= 0.6 is 0 Å². The average Bonchev–Trinajstić information content (AvgIpc) is 3.75. The van der Waals surface area contributed by atoms with Crippen molar-refractivity contribution in [1.82, 2.24) is 24.5 Å². The number of benzene rings is 2. The minimum absolute atomic E-state index is 0.130. The molecule has 8 rings (SSSR count). The summed E-state index contributed by atoms with van der Waals surface area (Å²) in [5.41, 5.74) is 8.40. The van der Waals surface area contributed by atoms with E-state index in [1.165, 1.54) is 15.8 Å². The summed E-state index contributed by atoms with van der Waals surface area (Å²) in [7, 11) is 0. The molecule has 1 spiro atoms. The van der Waals surface area contributed by atoms with Gasteiger partial charge in [0.2, 0.25) is 11.5 Å². The third-order valence-corrected chi connectivity index (χ3v) is 9.82. The Morgan fingerprint density at radius 2 is 1.46 bits per heavy atom. The van der Waals surface area contributed by atoms with Crippen LogP contribution in [0.5, 0.6) is 0 Å². The first-order chi connectivity index (χ1) is 22.6. The first-order valence-corrected chi connectivity index (χ1v) is 16.4. The first kappa shape index (κ1) is 30.5. The Hall–Kier alpha value is -4.86. The van der Waals surface area contributed by atoms with E-state index in [1.54, 1.807) is 0 Å². The van der Waals surface area contributed by atoms with Gasteiger partial charge in [0, 0.05) is 17.5 Å². The summed E-state index contributed by atoms with van der Waals surface area (Å²) in [6.07, 6.45) is -0.696. The second-order valence-corrected chi connectivity index (χ2v) is 14.7. The maximum atomic E-state index is 14.4. The van der Waals surface area contributed by atoms with Crippen LogP contribution in [0, 0.1) is 6.92 Å². The molecule has 244 valence electrons. The van der Waals surface area contributed by atoms with Crippen LogP contribution in [0.2, 0.25) is 0 Å². The number of aromatic nitrogens is 7. The minimum atomic E-state index is -4.74. The molecule has 2 aliphatic rings. The van der Waals surface area contributed by atoms with E-state index < -0.39 is 17.9 Å². The standard InChI is InChI=1S/C38H38F3N7/c1-21(2)25-14-11-15-26(22(3)4)32(25)29-20-46-33(28-13-10-9-12-27(28)29)34-42-35(37(39,40)41)44-48(34)38(46)45-17-16-24(36(6,7)8)19-30(45)31-18-23(5)43-47(31)38/h9-22H,1-8H3/q+2. The number of hydrogen-bond donors (Lipinski definition) is 0. The molecule has 0 radical (unpaired) electrons. The SMILES string of the molecule is Cc1cc2n(n1)C1(n3nc(C(F)(F)F)nc3-c3c4ccccc4c(-c4c(C(C)C)cccc4C(C)C)c[n+]31)[n+]1ccc(C(C)(C)C)cc1-2. The van der Waals surface area contributed by atoms with E-state index >= 15 is 0 Å². The maximum Gasteiger partial charge on any atom is 0.584 e. The molecule has 0 saturated heterocycles. The highest BCUT2D eigenvalue weighted by Gasteiger charge is 2.71. The molecule has 0 fully saturated rings. The van der Waals surface area contributed by atoms with Crippen LogP contribution in [-0.4, -0.2) is 24.5 Å². The van der Waals surface area contributed by atoms with Crippen molar-refractivity contribution in [2.45, 2.75) is 84.7 Å². The number of alkyl halides is 3. The fourth-order valence-electron chi connectivity index (χ4n) is 7.59. The molecular formula is C38H38F3N7+2. The van der Waals surface area contributed by atoms with Crippen molar-refractivity contribution in [3.05, 3.63) is 101 Å². The first-order valence-electron chi connectivity index (χ1n) is 16.4. The molecule has 1 atom stereocenters. The number of fused-ring (bicyclic) bond motifs is 12. The molecule has 2 aromatic carbocycles. The summed E-state index contributed by atoms with van der Waals surface area (Å²) >= 11 is 0. The van der Waals surface area contributed by atoms with Gasteiger partial charge in [0.1, 0.15) is 5.69 Å². The number of halogens is 3. The van der Waals surface area contributed by atoms with Gasteiger partial charge < -0.3 is 0 Å². The molecule has 0 N–H and O–H groups in total. The Morgan fingerprint density at radius 1 is 0.792 bits per heavy atom. The van der Waals surface area contributed by atoms with E-state index in [0.717, 1.165) is 44.5 Å². The van der Waals surface area contributed by atoms with Crippen LogP contribution in [0.15, 0.2) is 73.1 Å². The number of pyridine rings is 2. The predicted molar refractivity (Wildman–Crippen MR) is 177 cm³/mol. The number of rotatable bonds is 3. The molecule has 0 aliphatic carbocycles. The van der Waals surface area contributed by atoms with Crippen molar-refractivity contribution in [3.8, 4) is 34.0 Å². The van der Waals surface area contributed by atoms with Crippen LogP contribution in [0.3, 0.4) is 0 Å². The van der Waals surface area contributed by atoms with Crippen LogP contribution in [0.1, 0.15) is 88.5 Å². The number of hydrogen-bond acceptors (Lipinski definition) is 3. The van der Waals surface area contributed by atoms with Crippen LogP contribution < -0.4 is 9.13 Å². The summed E-state index contributed by atoms with van der Waals surface area (Å²) < 4.78 is 50.6. The van der Waals surface area contributed by atoms with Gasteiger partial charge in [-0.3, -0.25) is 0 Å². The van der Waals surface area contributed by atoms with Crippen LogP contribution in [0.4, 0.5) is 13.2 Å². The molecule has 7 nitrogen and oxygen atoms in total. The van der Waals surface area contributed by atoms with Crippen LogP contribution in [0.25, 0.3) is 44.8 Å². The zero-order valence-corrected chi connectivity index (χ0v) is 28.3. The highest BCUT2D eigenvalue weighted by molar-refractivity contribution is 6.02. The lowest BCUT2D eigenvalue weighted by molar-refractivity contribution is -0.990. The predicted octanol–water partition coefficient (Wildman–Crippen LogP) is 7.91. The monoisotopic (exact) mass is 649 g/mol. The van der Waals surface area contributed by atoms with Crippen molar-refractivity contribution in [2.75, 3.05) is 0 Å². The molecule has 10 heteroatoms. The maximum absolute atomic E-state index is 14.4. The van der Waals surface area contributed by atoms with E-state index in [4.69, 9.17) is 5.10 Å². The highest BCUT2D eigenvalue weighted by atomic mass is 19.4. The molecule has 1 unspecified atom stereocenters. The fourth-order valence-corrected chi connectivity index (χ4v) is 7.59. The van der Waals surface area contributed by atoms with E-state index in [1.807, 2.05) is 57.3 Å². The van der Waals surface area contributed by atoms with E-state index in [-0.39, 0.29) is 23.1 Å². The zero-order valence-electron chi connectivity index (χ0n) is 28.3. The van der Waals surface area contributed by atoms with Gasteiger partial charge in [-0.05, 0) is 58.6 Å². The van der Waals surface area contributed by atoms with E-state index in [9.17, 15) is 13.2 Å². The summed E-state index contributed by atoms with van der Waals surface area (Å²) in [6.45, 7) is 17.1. The van der Waals surface area contributed by atoms with E-state index in [0.29, 0.717) is 5.69 Å². The lowest BCUT2D eigenvalue weighted by atomic mass is 9.84. The lowest BCUT2D eigenvalue weighted by Crippen LogP contribution is -2.77. The van der Waals surface area contributed by atoms with Crippen LogP contribution in [-0.2, 0) is 17.5 Å². The van der Waals surface area contributed by atoms with E-state index in [2.05, 4.69) is 95.1 Å². The van der Waals surface area contributed by atoms with Crippen molar-refractivity contribution in [1.29, 1.82) is 0 Å². The molecule has 2 aliphatic heterocycles. The van der Waals surface area contributed by atoms with Gasteiger partial charge >= 0.3 is 12.1 Å². The molecule has 6 heterocycles. The third kappa shape index (κ3) is 3.97. The molecular weight excluding hydrogens is 611 g/mol. The van der Waals surface area contributed by atoms with Gasteiger partial charge in [0.25, 0.3) is 11.5 Å². The summed E-state index contributed by atoms with van der Waals surface area (Å²) in [5.74, 6) is -2.08. The van der Waals surface area contributed by atoms with Gasteiger partial charge in [-0.15, -0.1) is 9.78 Å². The quantitative estimate of drug-likeness (QED) is 0.183. The molecule has 0 bridgehead atoms. The van der Waals surface area contributed by atoms with Gasteiger partial charge in [-0.2, -0.15) is 23.3 Å². The second-order valence-electron chi connectivity index (χ2n) is 14.7. The average molecular weight is 650 g/mol. The Labute approximate surface area is 277 Å². The summed E-state index contributed by atoms with van der Waals surface area (Å²) in [4.78, 5) is 4.23. The van der Waals surface area contributed by atoms with Gasteiger partial charge in [-0.1, -0.05) is 98.7 Å². The largest absolute Gasteiger partial charge is 0.584 e. The Balaban J connectivity index is 1.58. The van der Waals surface area contributed by atoms with Gasteiger partial charge in [-0.25, -0.2) is 0 Å². The van der Waals surface area contributed by atoms with Gasteiger partial charge in [0.05, 0.1) is 16.6 Å². The lowest BCUT2D eigenvalue weighted by Gasteiger charge is -2.22. The van der Waals surface area contributed by atoms with Crippen molar-refractivity contribution >= 4 is 10.8 Å². The summed E-state index contributed by atoms with van der Waals surface area (Å²) in [5, 5.41) is 11.0. The minimum Gasteiger partial charge on any atom is -0.197 e. The highest BCUT2D eigenvalue weighted by Crippen LogP contribution is 2.45.